The van der Waals surface area contributed by atoms with Crippen LogP contribution in [0.3, 0.4) is 0 Å². The van der Waals surface area contributed by atoms with Crippen LogP contribution in [0, 0.1) is 11.8 Å². The zero-order valence-corrected chi connectivity index (χ0v) is 23.4. The van der Waals surface area contributed by atoms with Crippen molar-refractivity contribution in [1.29, 1.82) is 0 Å². The summed E-state index contributed by atoms with van der Waals surface area (Å²) in [5.74, 6) is 1.91. The number of esters is 1. The molecule has 3 heterocycles. The summed E-state index contributed by atoms with van der Waals surface area (Å²) in [4.78, 5) is 23.4. The van der Waals surface area contributed by atoms with E-state index in [1.165, 1.54) is 26.4 Å². The predicted octanol–water partition coefficient (Wildman–Crippen LogP) is 5.89. The van der Waals surface area contributed by atoms with E-state index in [1.807, 2.05) is 12.4 Å². The van der Waals surface area contributed by atoms with Crippen LogP contribution < -0.4 is 4.90 Å². The van der Waals surface area contributed by atoms with Crippen LogP contribution in [-0.2, 0) is 14.3 Å². The standard InChI is InChI=1S/C30H37N5O3S/c1-37-29(36)24-11-9-23(10-12-24)28-34-33-27(39-28)22-7-5-21(6-8-22)25-17-31-30(32-18-25)35-15-13-26(14-16-35)38-19-20-3-2-4-20/h5-8,17-18,20,23-24,26H,2-4,9-16,19H2,1H3/t23-,24-. The van der Waals surface area contributed by atoms with Crippen molar-refractivity contribution in [2.24, 2.45) is 11.8 Å². The van der Waals surface area contributed by atoms with E-state index >= 15 is 0 Å². The Morgan fingerprint density at radius 3 is 2.23 bits per heavy atom. The first-order valence-corrected chi connectivity index (χ1v) is 15.2. The topological polar surface area (TPSA) is 90.3 Å². The lowest BCUT2D eigenvalue weighted by molar-refractivity contribution is -0.146. The number of nitrogens with zero attached hydrogens (tertiary/aromatic N) is 5. The number of anilines is 1. The normalized spacial score (nSPS) is 22.4. The molecule has 3 fully saturated rings. The Kier molecular flexibility index (Phi) is 8.16. The van der Waals surface area contributed by atoms with Gasteiger partial charge in [0.05, 0.1) is 19.1 Å². The number of hydrogen-bond acceptors (Lipinski definition) is 9. The summed E-state index contributed by atoms with van der Waals surface area (Å²) in [7, 11) is 1.47. The van der Waals surface area contributed by atoms with Gasteiger partial charge in [-0.2, -0.15) is 0 Å². The average Bonchev–Trinajstić information content (AvgIpc) is 3.47. The van der Waals surface area contributed by atoms with Crippen molar-refractivity contribution in [2.45, 2.75) is 69.8 Å². The largest absolute Gasteiger partial charge is 0.469 e. The van der Waals surface area contributed by atoms with E-state index in [4.69, 9.17) is 9.47 Å². The summed E-state index contributed by atoms with van der Waals surface area (Å²) in [6, 6.07) is 8.38. The van der Waals surface area contributed by atoms with Crippen molar-refractivity contribution in [3.8, 4) is 21.7 Å². The highest BCUT2D eigenvalue weighted by Gasteiger charge is 2.29. The van der Waals surface area contributed by atoms with Crippen molar-refractivity contribution in [3.63, 3.8) is 0 Å². The van der Waals surface area contributed by atoms with Gasteiger partial charge in [0, 0.05) is 49.1 Å². The van der Waals surface area contributed by atoms with Crippen molar-refractivity contribution in [1.82, 2.24) is 20.2 Å². The number of piperidine rings is 1. The zero-order chi connectivity index (χ0) is 26.6. The number of rotatable bonds is 8. The molecule has 206 valence electrons. The minimum atomic E-state index is -0.0871. The van der Waals surface area contributed by atoms with Crippen molar-refractivity contribution >= 4 is 23.3 Å². The Morgan fingerprint density at radius 1 is 0.897 bits per heavy atom. The lowest BCUT2D eigenvalue weighted by atomic mass is 9.82. The molecule has 0 amide bonds. The number of benzene rings is 1. The van der Waals surface area contributed by atoms with Crippen LogP contribution in [0.4, 0.5) is 5.95 Å². The fraction of sp³-hybridized carbons (Fsp3) is 0.567. The molecule has 9 heteroatoms. The second kappa shape index (κ2) is 12.1. The molecule has 0 radical (unpaired) electrons. The average molecular weight is 548 g/mol. The Morgan fingerprint density at radius 2 is 1.59 bits per heavy atom. The number of carbonyl (C=O) groups excluding carboxylic acids is 1. The van der Waals surface area contributed by atoms with E-state index in [2.05, 4.69) is 49.3 Å². The molecule has 1 aliphatic heterocycles. The molecule has 0 unspecified atom stereocenters. The second-order valence-corrected chi connectivity index (χ2v) is 12.2. The van der Waals surface area contributed by atoms with Gasteiger partial charge in [0.25, 0.3) is 0 Å². The second-order valence-electron chi connectivity index (χ2n) is 11.2. The highest BCUT2D eigenvalue weighted by Crippen LogP contribution is 2.39. The molecule has 3 aromatic rings. The molecule has 0 N–H and O–H groups in total. The zero-order valence-electron chi connectivity index (χ0n) is 22.6. The minimum absolute atomic E-state index is 0.0253. The molecule has 2 aliphatic carbocycles. The first-order chi connectivity index (χ1) is 19.2. The molecule has 6 rings (SSSR count). The maximum atomic E-state index is 11.8. The van der Waals surface area contributed by atoms with E-state index < -0.39 is 0 Å². The Balaban J connectivity index is 1.02. The summed E-state index contributed by atoms with van der Waals surface area (Å²) in [6.45, 7) is 2.83. The van der Waals surface area contributed by atoms with Crippen LogP contribution in [0.25, 0.3) is 21.7 Å². The molecule has 8 nitrogen and oxygen atoms in total. The number of aromatic nitrogens is 4. The van der Waals surface area contributed by atoms with Gasteiger partial charge in [0.2, 0.25) is 5.95 Å². The number of carbonyl (C=O) groups is 1. The Hall–Kier alpha value is -2.91. The van der Waals surface area contributed by atoms with Crippen LogP contribution in [-0.4, -0.2) is 59.0 Å². The smallest absolute Gasteiger partial charge is 0.308 e. The number of hydrogen-bond donors (Lipinski definition) is 0. The van der Waals surface area contributed by atoms with Gasteiger partial charge in [-0.15, -0.1) is 10.2 Å². The van der Waals surface area contributed by atoms with Gasteiger partial charge in [0.15, 0.2) is 0 Å². The van der Waals surface area contributed by atoms with Crippen molar-refractivity contribution < 1.29 is 14.3 Å². The SMILES string of the molecule is COC(=O)[C@H]1CC[C@H](c2nnc(-c3ccc(-c4cnc(N5CCC(OCC6CCC6)CC5)nc4)cc3)s2)CC1. The van der Waals surface area contributed by atoms with Gasteiger partial charge >= 0.3 is 5.97 Å². The quantitative estimate of drug-likeness (QED) is 0.322. The number of methoxy groups -OCH3 is 1. The summed E-state index contributed by atoms with van der Waals surface area (Å²) in [5.41, 5.74) is 3.15. The minimum Gasteiger partial charge on any atom is -0.469 e. The number of ether oxygens (including phenoxy) is 2. The molecule has 0 atom stereocenters. The summed E-state index contributed by atoms with van der Waals surface area (Å²) in [6.07, 6.45) is 14.0. The van der Waals surface area contributed by atoms with E-state index in [1.54, 1.807) is 11.3 Å². The van der Waals surface area contributed by atoms with Gasteiger partial charge in [-0.25, -0.2) is 9.97 Å². The summed E-state index contributed by atoms with van der Waals surface area (Å²) >= 11 is 1.66. The van der Waals surface area contributed by atoms with Crippen LogP contribution >= 0.6 is 11.3 Å². The predicted molar refractivity (Wildman–Crippen MR) is 152 cm³/mol. The molecule has 39 heavy (non-hydrogen) atoms. The van der Waals surface area contributed by atoms with Crippen LogP contribution in [0.2, 0.25) is 0 Å². The van der Waals surface area contributed by atoms with E-state index in [9.17, 15) is 4.79 Å². The molecule has 0 bridgehead atoms. The third kappa shape index (κ3) is 6.14. The summed E-state index contributed by atoms with van der Waals surface area (Å²) < 4.78 is 11.1. The van der Waals surface area contributed by atoms with Crippen LogP contribution in [0.1, 0.15) is 68.7 Å². The van der Waals surface area contributed by atoms with E-state index in [0.717, 1.165) is 96.8 Å². The van der Waals surface area contributed by atoms with E-state index in [-0.39, 0.29) is 11.9 Å². The van der Waals surface area contributed by atoms with E-state index in [0.29, 0.717) is 12.0 Å². The Bertz CT molecular complexity index is 1230. The fourth-order valence-electron chi connectivity index (χ4n) is 5.85. The highest BCUT2D eigenvalue weighted by atomic mass is 32.1. The van der Waals surface area contributed by atoms with Gasteiger partial charge in [0.1, 0.15) is 10.0 Å². The highest BCUT2D eigenvalue weighted by molar-refractivity contribution is 7.14. The lowest BCUT2D eigenvalue weighted by Crippen LogP contribution is -2.38. The molecule has 2 aromatic heterocycles. The van der Waals surface area contributed by atoms with Crippen molar-refractivity contribution in [2.75, 3.05) is 31.7 Å². The summed E-state index contributed by atoms with van der Waals surface area (Å²) in [5, 5.41) is 11.0. The molecule has 1 aromatic carbocycles. The van der Waals surface area contributed by atoms with Crippen LogP contribution in [0.5, 0.6) is 0 Å². The maximum absolute atomic E-state index is 11.8. The molecule has 3 aliphatic rings. The monoisotopic (exact) mass is 547 g/mol. The Labute approximate surface area is 234 Å². The molecular weight excluding hydrogens is 510 g/mol. The van der Waals surface area contributed by atoms with Crippen LogP contribution in [0.15, 0.2) is 36.7 Å². The van der Waals surface area contributed by atoms with Gasteiger partial charge in [-0.3, -0.25) is 4.79 Å². The lowest BCUT2D eigenvalue weighted by Gasteiger charge is -2.34. The first-order valence-electron chi connectivity index (χ1n) is 14.4. The molecule has 0 spiro atoms. The van der Waals surface area contributed by atoms with Gasteiger partial charge in [-0.1, -0.05) is 42.0 Å². The molecule has 2 saturated carbocycles. The molecule has 1 saturated heterocycles. The van der Waals surface area contributed by atoms with Crippen molar-refractivity contribution in [3.05, 3.63) is 41.7 Å². The van der Waals surface area contributed by atoms with Gasteiger partial charge < -0.3 is 14.4 Å². The third-order valence-electron chi connectivity index (χ3n) is 8.67. The molecular formula is C30H37N5O3S. The third-order valence-corrected chi connectivity index (χ3v) is 9.81. The first kappa shape index (κ1) is 26.3. The fourth-order valence-corrected chi connectivity index (χ4v) is 6.87. The maximum Gasteiger partial charge on any atom is 0.308 e. The van der Waals surface area contributed by atoms with Gasteiger partial charge in [-0.05, 0) is 62.8 Å².